The first-order valence-electron chi connectivity index (χ1n) is 16.8. The summed E-state index contributed by atoms with van der Waals surface area (Å²) in [5.74, 6) is 0. The Morgan fingerprint density at radius 3 is 0.833 bits per heavy atom. The van der Waals surface area contributed by atoms with Gasteiger partial charge < -0.3 is 0 Å². The summed E-state index contributed by atoms with van der Waals surface area (Å²) >= 11 is 0. The Morgan fingerprint density at radius 1 is 0.354 bits per heavy atom. The quantitative estimate of drug-likeness (QED) is 0.125. The Bertz CT molecular complexity index is 2630. The number of hydrogen-bond acceptors (Lipinski definition) is 4. The summed E-state index contributed by atoms with van der Waals surface area (Å²) in [7, 11) is 0. The summed E-state index contributed by atoms with van der Waals surface area (Å²) < 4.78 is 0. The van der Waals surface area contributed by atoms with Crippen molar-refractivity contribution in [1.82, 2.24) is 19.9 Å². The predicted octanol–water partition coefficient (Wildman–Crippen LogP) is 11.7. The van der Waals surface area contributed by atoms with Crippen molar-refractivity contribution in [3.8, 4) is 0 Å². The molecule has 4 nitrogen and oxygen atoms in total. The number of benzene rings is 8. The first-order chi connectivity index (χ1) is 23.0. The minimum atomic E-state index is -0.0938. The van der Waals surface area contributed by atoms with Crippen LogP contribution in [0.1, 0.15) is 52.7 Å². The van der Waals surface area contributed by atoms with E-state index in [-0.39, 0.29) is 10.8 Å². The highest BCUT2D eigenvalue weighted by Crippen LogP contribution is 2.47. The molecule has 230 valence electrons. The maximum absolute atomic E-state index is 5.46. The largest absolute Gasteiger partial charge is 0.244 e. The molecule has 0 N–H and O–H groups in total. The monoisotopic (exact) mass is 618 g/mol. The van der Waals surface area contributed by atoms with Gasteiger partial charge in [0.05, 0.1) is 44.1 Å². The second-order valence-electron chi connectivity index (χ2n) is 15.6. The molecular weight excluding hydrogens is 585 g/mol. The number of fused-ring (bicyclic) bond motifs is 10. The molecule has 0 aliphatic carbocycles. The van der Waals surface area contributed by atoms with Crippen molar-refractivity contribution in [2.75, 3.05) is 0 Å². The van der Waals surface area contributed by atoms with Crippen LogP contribution in [0.3, 0.4) is 0 Å². The molecule has 0 unspecified atom stereocenters. The third kappa shape index (κ3) is 3.83. The fourth-order valence-corrected chi connectivity index (χ4v) is 7.67. The molecule has 0 bridgehead atoms. The Labute approximate surface area is 277 Å². The third-order valence-electron chi connectivity index (χ3n) is 10.3. The fraction of sp³-hybridized carbons (Fsp3) is 0.182. The van der Waals surface area contributed by atoms with Crippen LogP contribution in [0.4, 0.5) is 0 Å². The Hall–Kier alpha value is -5.48. The van der Waals surface area contributed by atoms with Crippen LogP contribution in [0.2, 0.25) is 0 Å². The van der Waals surface area contributed by atoms with E-state index < -0.39 is 0 Å². The molecule has 0 atom stereocenters. The lowest BCUT2D eigenvalue weighted by atomic mass is 9.80. The van der Waals surface area contributed by atoms with E-state index in [0.29, 0.717) is 0 Å². The van der Waals surface area contributed by atoms with Gasteiger partial charge in [0, 0.05) is 32.3 Å². The van der Waals surface area contributed by atoms with Crippen molar-refractivity contribution in [2.24, 2.45) is 0 Å². The molecule has 0 radical (unpaired) electrons. The Kier molecular flexibility index (Phi) is 5.24. The van der Waals surface area contributed by atoms with Gasteiger partial charge in [-0.05, 0) is 92.0 Å². The second-order valence-corrected chi connectivity index (χ2v) is 15.6. The standard InChI is InChI=1S/C44H34N4/c1-43(2,3)27-19-29-37-30(20-27)40-42(48-36-18-26-14-10-8-12-24(26)16-34(36)46-40)32-22-28(44(4,5)6)21-31(38(32)37)41-39(29)45-33-15-23-11-7-9-13-25(23)17-35(33)47-41/h7-22H,1-6H3. The van der Waals surface area contributed by atoms with Gasteiger partial charge in [-0.15, -0.1) is 0 Å². The van der Waals surface area contributed by atoms with Gasteiger partial charge in [-0.3, -0.25) is 0 Å². The fourth-order valence-electron chi connectivity index (χ4n) is 7.67. The number of hydrogen-bond donors (Lipinski definition) is 0. The second kappa shape index (κ2) is 9.11. The molecule has 0 amide bonds. The van der Waals surface area contributed by atoms with E-state index in [1.807, 2.05) is 0 Å². The topological polar surface area (TPSA) is 51.6 Å². The van der Waals surface area contributed by atoms with E-state index in [1.165, 1.54) is 43.4 Å². The Balaban J connectivity index is 1.50. The molecule has 0 spiro atoms. The van der Waals surface area contributed by atoms with E-state index in [2.05, 4.69) is 139 Å². The average molecular weight is 619 g/mol. The molecule has 0 saturated carbocycles. The highest BCUT2D eigenvalue weighted by atomic mass is 14.8. The summed E-state index contributed by atoms with van der Waals surface area (Å²) in [6.07, 6.45) is 0. The first-order valence-corrected chi connectivity index (χ1v) is 16.8. The van der Waals surface area contributed by atoms with Gasteiger partial charge >= 0.3 is 0 Å². The van der Waals surface area contributed by atoms with E-state index >= 15 is 0 Å². The summed E-state index contributed by atoms with van der Waals surface area (Å²) in [5.41, 5.74) is 9.69. The van der Waals surface area contributed by atoms with Crippen LogP contribution in [-0.2, 0) is 10.8 Å². The van der Waals surface area contributed by atoms with E-state index in [4.69, 9.17) is 19.9 Å². The maximum atomic E-state index is 5.46. The maximum Gasteiger partial charge on any atom is 0.0979 e. The van der Waals surface area contributed by atoms with Crippen molar-refractivity contribution < 1.29 is 0 Å². The van der Waals surface area contributed by atoms with Crippen molar-refractivity contribution in [3.63, 3.8) is 0 Å². The lowest BCUT2D eigenvalue weighted by Gasteiger charge is -2.25. The van der Waals surface area contributed by atoms with Crippen LogP contribution < -0.4 is 0 Å². The van der Waals surface area contributed by atoms with Crippen molar-refractivity contribution in [3.05, 3.63) is 108 Å². The van der Waals surface area contributed by atoms with Gasteiger partial charge in [0.15, 0.2) is 0 Å². The molecule has 0 saturated heterocycles. The van der Waals surface area contributed by atoms with Gasteiger partial charge in [0.2, 0.25) is 0 Å². The summed E-state index contributed by atoms with van der Waals surface area (Å²) in [6.45, 7) is 13.7. The zero-order chi connectivity index (χ0) is 32.7. The van der Waals surface area contributed by atoms with Gasteiger partial charge in [0.1, 0.15) is 0 Å². The van der Waals surface area contributed by atoms with Crippen LogP contribution in [0.25, 0.3) is 98.0 Å². The third-order valence-corrected chi connectivity index (χ3v) is 10.3. The zero-order valence-electron chi connectivity index (χ0n) is 28.0. The van der Waals surface area contributed by atoms with Gasteiger partial charge in [-0.1, -0.05) is 90.1 Å². The van der Waals surface area contributed by atoms with Crippen LogP contribution in [0.15, 0.2) is 97.1 Å². The average Bonchev–Trinajstić information content (AvgIpc) is 3.06. The molecule has 0 aliphatic rings. The molecule has 0 fully saturated rings. The minimum Gasteiger partial charge on any atom is -0.244 e. The molecule has 8 aromatic carbocycles. The molecule has 2 aromatic heterocycles. The van der Waals surface area contributed by atoms with Crippen LogP contribution in [0, 0.1) is 0 Å². The van der Waals surface area contributed by atoms with Crippen LogP contribution in [0.5, 0.6) is 0 Å². The van der Waals surface area contributed by atoms with E-state index in [1.54, 1.807) is 0 Å². The normalized spacial score (nSPS) is 13.2. The molecule has 0 aliphatic heterocycles. The molecule has 2 heterocycles. The SMILES string of the molecule is CC(C)(C)c1cc2c3nc4cc5ccccc5cc4nc3c3cc(C(C)(C)C)cc4c5nc6cc7ccccc7cc6nc5c(c1)c2c34. The van der Waals surface area contributed by atoms with Gasteiger partial charge in [-0.2, -0.15) is 0 Å². The van der Waals surface area contributed by atoms with Crippen molar-refractivity contribution in [2.45, 2.75) is 52.4 Å². The van der Waals surface area contributed by atoms with Crippen molar-refractivity contribution in [1.29, 1.82) is 0 Å². The van der Waals surface area contributed by atoms with Gasteiger partial charge in [0.25, 0.3) is 0 Å². The number of rotatable bonds is 0. The Morgan fingerprint density at radius 2 is 0.604 bits per heavy atom. The number of nitrogens with zero attached hydrogens (tertiary/aromatic N) is 4. The first kappa shape index (κ1) is 27.6. The summed E-state index contributed by atoms with van der Waals surface area (Å²) in [5, 5.41) is 11.6. The zero-order valence-corrected chi connectivity index (χ0v) is 28.0. The minimum absolute atomic E-state index is 0.0938. The van der Waals surface area contributed by atoms with Crippen molar-refractivity contribution >= 4 is 98.0 Å². The summed E-state index contributed by atoms with van der Waals surface area (Å²) in [4.78, 5) is 21.8. The highest BCUT2D eigenvalue weighted by molar-refractivity contribution is 6.39. The highest BCUT2D eigenvalue weighted by Gasteiger charge is 2.26. The molecule has 10 aromatic rings. The molecular formula is C44H34N4. The molecule has 10 rings (SSSR count). The van der Waals surface area contributed by atoms with E-state index in [9.17, 15) is 0 Å². The smallest absolute Gasteiger partial charge is 0.0979 e. The molecule has 48 heavy (non-hydrogen) atoms. The lowest BCUT2D eigenvalue weighted by molar-refractivity contribution is 0.591. The van der Waals surface area contributed by atoms with Crippen LogP contribution >= 0.6 is 0 Å². The van der Waals surface area contributed by atoms with Gasteiger partial charge in [-0.25, -0.2) is 19.9 Å². The molecule has 4 heteroatoms. The summed E-state index contributed by atoms with van der Waals surface area (Å²) in [6, 6.07) is 35.1. The van der Waals surface area contributed by atoms with Crippen LogP contribution in [-0.4, -0.2) is 19.9 Å². The predicted molar refractivity (Wildman–Crippen MR) is 204 cm³/mol. The van der Waals surface area contributed by atoms with E-state index in [0.717, 1.165) is 65.7 Å². The number of aromatic nitrogens is 4. The lowest BCUT2D eigenvalue weighted by Crippen LogP contribution is -2.12.